The molecule has 128 valence electrons. The second-order valence-electron chi connectivity index (χ2n) is 6.58. The first kappa shape index (κ1) is 15.8. The summed E-state index contributed by atoms with van der Waals surface area (Å²) in [7, 11) is 1.69. The number of likely N-dealkylation sites (tertiary alicyclic amines) is 1. The van der Waals surface area contributed by atoms with E-state index in [0.29, 0.717) is 0 Å². The van der Waals surface area contributed by atoms with Gasteiger partial charge >= 0.3 is 0 Å². The minimum absolute atomic E-state index is 0.773. The van der Waals surface area contributed by atoms with Gasteiger partial charge in [-0.2, -0.15) is 0 Å². The van der Waals surface area contributed by atoms with Crippen molar-refractivity contribution in [1.82, 2.24) is 15.1 Å². The number of hydrogen-bond donors (Lipinski definition) is 0. The largest absolute Gasteiger partial charge is 0.497 e. The molecule has 0 spiro atoms. The van der Waals surface area contributed by atoms with Gasteiger partial charge in [0.25, 0.3) is 0 Å². The van der Waals surface area contributed by atoms with Gasteiger partial charge in [0.2, 0.25) is 5.13 Å². The Morgan fingerprint density at radius 1 is 1.08 bits per heavy atom. The van der Waals surface area contributed by atoms with Crippen molar-refractivity contribution < 1.29 is 4.74 Å². The molecule has 0 aliphatic carbocycles. The van der Waals surface area contributed by atoms with Crippen LogP contribution in [0.2, 0.25) is 0 Å². The van der Waals surface area contributed by atoms with E-state index < -0.39 is 0 Å². The average molecular weight is 344 g/mol. The predicted octanol–water partition coefficient (Wildman–Crippen LogP) is 3.28. The van der Waals surface area contributed by atoms with E-state index >= 15 is 0 Å². The van der Waals surface area contributed by atoms with E-state index in [1.165, 1.54) is 38.8 Å². The summed E-state index contributed by atoms with van der Waals surface area (Å²) in [4.78, 5) is 5.08. The van der Waals surface area contributed by atoms with Crippen LogP contribution < -0.4 is 9.64 Å². The molecular weight excluding hydrogens is 320 g/mol. The van der Waals surface area contributed by atoms with Crippen molar-refractivity contribution in [3.8, 4) is 16.3 Å². The normalized spacial score (nSPS) is 19.8. The number of hydrogen-bond acceptors (Lipinski definition) is 6. The number of methoxy groups -OCH3 is 1. The third kappa shape index (κ3) is 3.26. The smallest absolute Gasteiger partial charge is 0.208 e. The summed E-state index contributed by atoms with van der Waals surface area (Å²) in [6, 6.07) is 8.80. The lowest BCUT2D eigenvalue weighted by atomic mass is 10.0. The topological polar surface area (TPSA) is 41.5 Å². The van der Waals surface area contributed by atoms with Crippen LogP contribution in [0.3, 0.4) is 0 Å². The van der Waals surface area contributed by atoms with E-state index in [1.54, 1.807) is 18.4 Å². The molecule has 2 fully saturated rings. The average Bonchev–Trinajstić information content (AvgIpc) is 3.34. The molecule has 2 aliphatic heterocycles. The Bertz CT molecular complexity index is 675. The van der Waals surface area contributed by atoms with Crippen molar-refractivity contribution in [2.45, 2.75) is 31.7 Å². The van der Waals surface area contributed by atoms with Crippen molar-refractivity contribution in [2.75, 3.05) is 38.2 Å². The molecule has 0 saturated carbocycles. The minimum Gasteiger partial charge on any atom is -0.497 e. The van der Waals surface area contributed by atoms with Crippen LogP contribution in [0.4, 0.5) is 5.13 Å². The molecule has 4 rings (SSSR count). The molecule has 2 aliphatic rings. The maximum atomic E-state index is 5.30. The Labute approximate surface area is 147 Å². The van der Waals surface area contributed by atoms with Gasteiger partial charge in [-0.15, -0.1) is 10.2 Å². The Kier molecular flexibility index (Phi) is 4.67. The Balaban J connectivity index is 1.42. The zero-order valence-corrected chi connectivity index (χ0v) is 15.0. The molecule has 0 unspecified atom stereocenters. The minimum atomic E-state index is 0.773. The molecule has 0 N–H and O–H groups in total. The highest BCUT2D eigenvalue weighted by atomic mass is 32.1. The van der Waals surface area contributed by atoms with Gasteiger partial charge < -0.3 is 14.5 Å². The number of piperidine rings is 1. The van der Waals surface area contributed by atoms with Crippen LogP contribution in [0.5, 0.6) is 5.75 Å². The third-order valence-electron chi connectivity index (χ3n) is 5.12. The van der Waals surface area contributed by atoms with Crippen molar-refractivity contribution >= 4 is 16.5 Å². The number of rotatable bonds is 4. The van der Waals surface area contributed by atoms with Gasteiger partial charge in [-0.3, -0.25) is 0 Å². The molecule has 0 atom stereocenters. The van der Waals surface area contributed by atoms with Crippen LogP contribution in [-0.4, -0.2) is 54.4 Å². The van der Waals surface area contributed by atoms with Gasteiger partial charge in [0.05, 0.1) is 7.11 Å². The molecule has 2 aromatic rings. The molecule has 1 aromatic heterocycles. The number of nitrogens with zero attached hydrogens (tertiary/aromatic N) is 4. The summed E-state index contributed by atoms with van der Waals surface area (Å²) in [6.45, 7) is 4.77. The maximum Gasteiger partial charge on any atom is 0.208 e. The molecule has 0 amide bonds. The van der Waals surface area contributed by atoms with E-state index in [-0.39, 0.29) is 0 Å². The zero-order chi connectivity index (χ0) is 16.4. The highest BCUT2D eigenvalue weighted by Gasteiger charge is 2.27. The van der Waals surface area contributed by atoms with Crippen molar-refractivity contribution in [3.05, 3.63) is 24.3 Å². The van der Waals surface area contributed by atoms with Gasteiger partial charge in [0, 0.05) is 24.7 Å². The van der Waals surface area contributed by atoms with Gasteiger partial charge in [-0.25, -0.2) is 0 Å². The standard InChI is InChI=1S/C18H24N4OS/c1-23-16-6-4-5-14(13-16)17-19-20-18(24-17)22-11-7-15(8-12-22)21-9-2-3-10-21/h4-6,13,15H,2-3,7-12H2,1H3. The van der Waals surface area contributed by atoms with E-state index in [0.717, 1.165) is 40.6 Å². The fourth-order valence-corrected chi connectivity index (χ4v) is 4.64. The summed E-state index contributed by atoms with van der Waals surface area (Å²) < 4.78 is 5.30. The van der Waals surface area contributed by atoms with Crippen LogP contribution in [0.25, 0.3) is 10.6 Å². The second-order valence-corrected chi connectivity index (χ2v) is 7.54. The lowest BCUT2D eigenvalue weighted by Gasteiger charge is -2.36. The number of ether oxygens (including phenoxy) is 1. The molecule has 3 heterocycles. The first-order valence-corrected chi connectivity index (χ1v) is 9.62. The van der Waals surface area contributed by atoms with Crippen molar-refractivity contribution in [1.29, 1.82) is 0 Å². The van der Waals surface area contributed by atoms with E-state index in [9.17, 15) is 0 Å². The molecule has 5 nitrogen and oxygen atoms in total. The van der Waals surface area contributed by atoms with Gasteiger partial charge in [0.15, 0.2) is 0 Å². The van der Waals surface area contributed by atoms with Gasteiger partial charge in [-0.05, 0) is 50.9 Å². The Morgan fingerprint density at radius 3 is 2.62 bits per heavy atom. The predicted molar refractivity (Wildman–Crippen MR) is 97.9 cm³/mol. The molecule has 0 radical (unpaired) electrons. The monoisotopic (exact) mass is 344 g/mol. The Morgan fingerprint density at radius 2 is 1.88 bits per heavy atom. The highest BCUT2D eigenvalue weighted by molar-refractivity contribution is 7.18. The fourth-order valence-electron chi connectivity index (χ4n) is 3.75. The van der Waals surface area contributed by atoms with Gasteiger partial charge in [-0.1, -0.05) is 23.5 Å². The summed E-state index contributed by atoms with van der Waals surface area (Å²) >= 11 is 1.68. The molecule has 1 aromatic carbocycles. The first-order chi connectivity index (χ1) is 11.8. The number of anilines is 1. The van der Waals surface area contributed by atoms with Crippen molar-refractivity contribution in [3.63, 3.8) is 0 Å². The molecule has 2 saturated heterocycles. The van der Waals surface area contributed by atoms with E-state index in [2.05, 4.69) is 26.1 Å². The Hall–Kier alpha value is -1.66. The quantitative estimate of drug-likeness (QED) is 0.851. The highest BCUT2D eigenvalue weighted by Crippen LogP contribution is 2.32. The molecule has 6 heteroatoms. The van der Waals surface area contributed by atoms with Crippen molar-refractivity contribution in [2.24, 2.45) is 0 Å². The van der Waals surface area contributed by atoms with Crippen LogP contribution >= 0.6 is 11.3 Å². The summed E-state index contributed by atoms with van der Waals surface area (Å²) in [5.74, 6) is 0.857. The molecular formula is C18H24N4OS. The summed E-state index contributed by atoms with van der Waals surface area (Å²) in [5.41, 5.74) is 1.07. The summed E-state index contributed by atoms with van der Waals surface area (Å²) in [5, 5.41) is 10.8. The second kappa shape index (κ2) is 7.07. The lowest BCUT2D eigenvalue weighted by Crippen LogP contribution is -2.43. The van der Waals surface area contributed by atoms with E-state index in [1.807, 2.05) is 18.2 Å². The maximum absolute atomic E-state index is 5.30. The molecule has 24 heavy (non-hydrogen) atoms. The fraction of sp³-hybridized carbons (Fsp3) is 0.556. The van der Waals surface area contributed by atoms with Crippen LogP contribution in [0.15, 0.2) is 24.3 Å². The lowest BCUT2D eigenvalue weighted by molar-refractivity contribution is 0.208. The van der Waals surface area contributed by atoms with Crippen LogP contribution in [0, 0.1) is 0 Å². The first-order valence-electron chi connectivity index (χ1n) is 8.80. The van der Waals surface area contributed by atoms with E-state index in [4.69, 9.17) is 4.74 Å². The van der Waals surface area contributed by atoms with Crippen LogP contribution in [0.1, 0.15) is 25.7 Å². The zero-order valence-electron chi connectivity index (χ0n) is 14.1. The summed E-state index contributed by atoms with van der Waals surface area (Å²) in [6.07, 6.45) is 5.24. The SMILES string of the molecule is COc1cccc(-c2nnc(N3CCC(N4CCCC4)CC3)s2)c1. The number of aromatic nitrogens is 2. The number of benzene rings is 1. The molecule has 0 bridgehead atoms. The van der Waals surface area contributed by atoms with Crippen LogP contribution in [-0.2, 0) is 0 Å². The van der Waals surface area contributed by atoms with Gasteiger partial charge in [0.1, 0.15) is 10.8 Å². The third-order valence-corrected chi connectivity index (χ3v) is 6.16.